The third-order valence-electron chi connectivity index (χ3n) is 3.32. The van der Waals surface area contributed by atoms with Gasteiger partial charge in [-0.05, 0) is 43.0 Å². The highest BCUT2D eigenvalue weighted by molar-refractivity contribution is 7.98. The van der Waals surface area contributed by atoms with Crippen molar-refractivity contribution < 1.29 is 4.79 Å². The highest BCUT2D eigenvalue weighted by Gasteiger charge is 2.14. The number of anilines is 1. The number of halogens is 1. The second-order valence-corrected chi connectivity index (χ2v) is 6.98. The van der Waals surface area contributed by atoms with E-state index < -0.39 is 0 Å². The molecule has 0 atom stereocenters. The Morgan fingerprint density at radius 2 is 2.05 bits per heavy atom. The summed E-state index contributed by atoms with van der Waals surface area (Å²) in [5, 5.41) is 4.15. The Hall–Kier alpha value is -1.56. The molecule has 2 aromatic carbocycles. The quantitative estimate of drug-likeness (QED) is 0.659. The summed E-state index contributed by atoms with van der Waals surface area (Å²) < 4.78 is 1.01. The zero-order valence-electron chi connectivity index (χ0n) is 12.0. The summed E-state index contributed by atoms with van der Waals surface area (Å²) in [5.74, 6) is -0.146. The lowest BCUT2D eigenvalue weighted by Gasteiger charge is -2.05. The number of carbonyl (C=O) groups excluding carboxylic acids is 1. The molecule has 0 aliphatic heterocycles. The van der Waals surface area contributed by atoms with Crippen molar-refractivity contribution in [3.05, 3.63) is 52.5 Å². The van der Waals surface area contributed by atoms with E-state index in [1.807, 2.05) is 49.6 Å². The number of hydrogen-bond donors (Lipinski definition) is 1. The maximum absolute atomic E-state index is 12.4. The molecule has 0 aliphatic rings. The van der Waals surface area contributed by atoms with Crippen molar-refractivity contribution in [1.82, 2.24) is 4.98 Å². The van der Waals surface area contributed by atoms with Gasteiger partial charge in [-0.1, -0.05) is 35.1 Å². The van der Waals surface area contributed by atoms with Gasteiger partial charge in [0.2, 0.25) is 0 Å². The van der Waals surface area contributed by atoms with Crippen LogP contribution in [0, 0.1) is 6.92 Å². The molecular weight excluding hydrogens is 336 g/mol. The monoisotopic (exact) mass is 348 g/mol. The van der Waals surface area contributed by atoms with E-state index in [1.54, 1.807) is 11.8 Å². The summed E-state index contributed by atoms with van der Waals surface area (Å²) in [7, 11) is 0. The molecule has 0 saturated heterocycles. The first kappa shape index (κ1) is 15.3. The molecule has 0 radical (unpaired) electrons. The van der Waals surface area contributed by atoms with Crippen LogP contribution in [0.15, 0.2) is 41.3 Å². The summed E-state index contributed by atoms with van der Waals surface area (Å²) in [5.41, 5.74) is 2.43. The summed E-state index contributed by atoms with van der Waals surface area (Å²) >= 11 is 9.11. The number of aromatic nitrogens is 1. The van der Waals surface area contributed by atoms with Gasteiger partial charge in [0.15, 0.2) is 5.13 Å². The highest BCUT2D eigenvalue weighted by Crippen LogP contribution is 2.32. The van der Waals surface area contributed by atoms with E-state index in [9.17, 15) is 4.79 Å². The molecule has 112 valence electrons. The molecule has 0 saturated carbocycles. The van der Waals surface area contributed by atoms with Crippen molar-refractivity contribution >= 4 is 56.0 Å². The number of amides is 1. The average molecular weight is 349 g/mol. The fraction of sp³-hybridized carbons (Fsp3) is 0.125. The van der Waals surface area contributed by atoms with Crippen LogP contribution in [0.1, 0.15) is 15.9 Å². The lowest BCUT2D eigenvalue weighted by molar-refractivity contribution is 0.102. The summed E-state index contributed by atoms with van der Waals surface area (Å²) in [6.45, 7) is 1.93. The van der Waals surface area contributed by atoms with E-state index in [0.29, 0.717) is 15.7 Å². The molecule has 3 rings (SSSR count). The van der Waals surface area contributed by atoms with Crippen LogP contribution < -0.4 is 5.32 Å². The Labute approximate surface area is 141 Å². The number of thiazole rings is 1. The largest absolute Gasteiger partial charge is 0.298 e. The molecule has 1 N–H and O–H groups in total. The van der Waals surface area contributed by atoms with Crippen molar-refractivity contribution in [2.24, 2.45) is 0 Å². The van der Waals surface area contributed by atoms with Gasteiger partial charge in [-0.15, -0.1) is 11.8 Å². The Morgan fingerprint density at radius 3 is 2.82 bits per heavy atom. The van der Waals surface area contributed by atoms with Crippen LogP contribution in [0.4, 0.5) is 5.13 Å². The number of fused-ring (bicyclic) bond motifs is 1. The average Bonchev–Trinajstić information content (AvgIpc) is 2.94. The van der Waals surface area contributed by atoms with E-state index >= 15 is 0 Å². The van der Waals surface area contributed by atoms with Gasteiger partial charge in [-0.3, -0.25) is 10.1 Å². The number of thioether (sulfide) groups is 1. The highest BCUT2D eigenvalue weighted by atomic mass is 35.5. The van der Waals surface area contributed by atoms with Gasteiger partial charge >= 0.3 is 0 Å². The Kier molecular flexibility index (Phi) is 4.38. The fourth-order valence-electron chi connectivity index (χ4n) is 2.15. The molecule has 1 aromatic heterocycles. The standard InChI is InChI=1S/C16H13ClN2OS2/c1-9-11(17)7-8-13-14(9)18-16(22-13)19-15(20)10-5-3-4-6-12(10)21-2/h3-8H,1-2H3,(H,18,19,20). The van der Waals surface area contributed by atoms with Crippen LogP contribution in [0.25, 0.3) is 10.2 Å². The van der Waals surface area contributed by atoms with Crippen LogP contribution >= 0.6 is 34.7 Å². The predicted molar refractivity (Wildman–Crippen MR) is 95.5 cm³/mol. The van der Waals surface area contributed by atoms with Gasteiger partial charge in [0.1, 0.15) is 0 Å². The first-order valence-electron chi connectivity index (χ1n) is 6.60. The number of carbonyl (C=O) groups is 1. The van der Waals surface area contributed by atoms with Gasteiger partial charge < -0.3 is 0 Å². The molecule has 3 nitrogen and oxygen atoms in total. The first-order chi connectivity index (χ1) is 10.6. The SMILES string of the molecule is CSc1ccccc1C(=O)Nc1nc2c(C)c(Cl)ccc2s1. The fourth-order valence-corrected chi connectivity index (χ4v) is 3.82. The van der Waals surface area contributed by atoms with Gasteiger partial charge in [-0.25, -0.2) is 4.98 Å². The number of nitrogens with one attached hydrogen (secondary N) is 1. The van der Waals surface area contributed by atoms with Crippen molar-refractivity contribution in [3.8, 4) is 0 Å². The Morgan fingerprint density at radius 1 is 1.27 bits per heavy atom. The van der Waals surface area contributed by atoms with E-state index in [1.165, 1.54) is 11.3 Å². The summed E-state index contributed by atoms with van der Waals surface area (Å²) in [6.07, 6.45) is 1.95. The maximum atomic E-state index is 12.4. The third-order valence-corrected chi connectivity index (χ3v) is 5.46. The van der Waals surface area contributed by atoms with E-state index in [-0.39, 0.29) is 5.91 Å². The molecule has 6 heteroatoms. The second-order valence-electron chi connectivity index (χ2n) is 4.69. The van der Waals surface area contributed by atoms with Crippen LogP contribution in [0.3, 0.4) is 0 Å². The zero-order valence-corrected chi connectivity index (χ0v) is 14.4. The molecule has 0 bridgehead atoms. The molecule has 0 spiro atoms. The summed E-state index contributed by atoms with van der Waals surface area (Å²) in [6, 6.07) is 11.3. The van der Waals surface area contributed by atoms with Crippen molar-refractivity contribution in [2.75, 3.05) is 11.6 Å². The molecule has 1 heterocycles. The van der Waals surface area contributed by atoms with Crippen molar-refractivity contribution in [2.45, 2.75) is 11.8 Å². The zero-order chi connectivity index (χ0) is 15.7. The molecule has 0 aliphatic carbocycles. The first-order valence-corrected chi connectivity index (χ1v) is 9.02. The smallest absolute Gasteiger partial charge is 0.258 e. The summed E-state index contributed by atoms with van der Waals surface area (Å²) in [4.78, 5) is 17.9. The second kappa shape index (κ2) is 6.28. The molecule has 0 unspecified atom stereocenters. The van der Waals surface area contributed by atoms with E-state index in [0.717, 1.165) is 20.7 Å². The van der Waals surface area contributed by atoms with Crippen LogP contribution in [0.2, 0.25) is 5.02 Å². The lowest BCUT2D eigenvalue weighted by Crippen LogP contribution is -2.12. The lowest BCUT2D eigenvalue weighted by atomic mass is 10.2. The van der Waals surface area contributed by atoms with Gasteiger partial charge in [0, 0.05) is 9.92 Å². The molecular formula is C16H13ClN2OS2. The Bertz CT molecular complexity index is 860. The number of aryl methyl sites for hydroxylation is 1. The minimum absolute atomic E-state index is 0.146. The van der Waals surface area contributed by atoms with Crippen LogP contribution in [-0.2, 0) is 0 Å². The van der Waals surface area contributed by atoms with Gasteiger partial charge in [0.05, 0.1) is 15.8 Å². The normalized spacial score (nSPS) is 10.9. The number of rotatable bonds is 3. The van der Waals surface area contributed by atoms with Gasteiger partial charge in [0.25, 0.3) is 5.91 Å². The van der Waals surface area contributed by atoms with Crippen LogP contribution in [0.5, 0.6) is 0 Å². The van der Waals surface area contributed by atoms with Crippen LogP contribution in [-0.4, -0.2) is 17.1 Å². The van der Waals surface area contributed by atoms with Gasteiger partial charge in [-0.2, -0.15) is 0 Å². The Balaban J connectivity index is 1.93. The minimum atomic E-state index is -0.146. The van der Waals surface area contributed by atoms with Crippen molar-refractivity contribution in [1.29, 1.82) is 0 Å². The molecule has 1 amide bonds. The third kappa shape index (κ3) is 2.84. The van der Waals surface area contributed by atoms with E-state index in [4.69, 9.17) is 11.6 Å². The molecule has 22 heavy (non-hydrogen) atoms. The van der Waals surface area contributed by atoms with E-state index in [2.05, 4.69) is 10.3 Å². The topological polar surface area (TPSA) is 42.0 Å². The number of benzene rings is 2. The molecule has 0 fully saturated rings. The molecule has 3 aromatic rings. The maximum Gasteiger partial charge on any atom is 0.258 e. The number of hydrogen-bond acceptors (Lipinski definition) is 4. The van der Waals surface area contributed by atoms with Crippen molar-refractivity contribution in [3.63, 3.8) is 0 Å². The number of nitrogens with zero attached hydrogens (tertiary/aromatic N) is 1. The minimum Gasteiger partial charge on any atom is -0.298 e. The predicted octanol–water partition coefficient (Wildman–Crippen LogP) is 5.23.